The lowest BCUT2D eigenvalue weighted by Gasteiger charge is -2.45. The summed E-state index contributed by atoms with van der Waals surface area (Å²) in [7, 11) is 0. The van der Waals surface area contributed by atoms with Gasteiger partial charge in [0, 0.05) is 71.7 Å². The van der Waals surface area contributed by atoms with Crippen molar-refractivity contribution in [1.29, 1.82) is 0 Å². The van der Waals surface area contributed by atoms with Crippen LogP contribution in [-0.4, -0.2) is 35.4 Å². The molecule has 0 unspecified atom stereocenters. The Morgan fingerprint density at radius 1 is 0.800 bits per heavy atom. The van der Waals surface area contributed by atoms with E-state index in [-0.39, 0.29) is 5.91 Å². The molecule has 0 atom stereocenters. The number of aryl methyl sites for hydroxylation is 3. The summed E-state index contributed by atoms with van der Waals surface area (Å²) < 4.78 is 6.75. The normalized spacial score (nSPS) is 17.6. The summed E-state index contributed by atoms with van der Waals surface area (Å²) in [6, 6.07) is 21.5. The first-order chi connectivity index (χ1) is 19.7. The predicted molar refractivity (Wildman–Crippen MR) is 158 cm³/mol. The molecule has 1 amide bonds. The Morgan fingerprint density at radius 3 is 2.17 bits per heavy atom. The number of rotatable bonds is 5. The second-order valence-corrected chi connectivity index (χ2v) is 11.5. The van der Waals surface area contributed by atoms with Crippen LogP contribution in [0.25, 0.3) is 0 Å². The predicted octanol–water partition coefficient (Wildman–Crippen LogP) is 6.61. The smallest absolute Gasteiger partial charge is 0.255 e. The number of amides is 1. The Balaban J connectivity index is 1.33. The summed E-state index contributed by atoms with van der Waals surface area (Å²) in [5.74, 6) is 1.80. The Labute approximate surface area is 234 Å². The van der Waals surface area contributed by atoms with E-state index in [1.807, 2.05) is 24.4 Å². The van der Waals surface area contributed by atoms with E-state index in [0.717, 1.165) is 103 Å². The fourth-order valence-corrected chi connectivity index (χ4v) is 7.38. The summed E-state index contributed by atoms with van der Waals surface area (Å²) in [6.45, 7) is 2.62. The number of hydrogen-bond acceptors (Lipinski definition) is 4. The lowest BCUT2D eigenvalue weighted by molar-refractivity contribution is 0.0661. The average Bonchev–Trinajstić information content (AvgIpc) is 3.59. The first-order valence-corrected chi connectivity index (χ1v) is 14.8. The van der Waals surface area contributed by atoms with Crippen LogP contribution in [0.4, 0.5) is 11.4 Å². The van der Waals surface area contributed by atoms with E-state index in [2.05, 4.69) is 63.0 Å². The van der Waals surface area contributed by atoms with Crippen molar-refractivity contribution in [3.05, 3.63) is 106 Å². The number of aromatic amines is 1. The molecule has 0 aliphatic carbocycles. The standard InChI is InChI=1S/C34H34N4O2/c39-33-25-12-1-2-13-26(25)34(38(33)17-4-3-10-24-11-7-14-35-24)27-18-22-8-5-15-36-29(22)20-31(27)40-32-21-30-23(19-28(32)34)9-6-16-37-30/h1-2,7,11-14,18-21,35-37H,3-6,8-10,15-17H2. The van der Waals surface area contributed by atoms with E-state index in [1.165, 1.54) is 16.8 Å². The highest BCUT2D eigenvalue weighted by Gasteiger charge is 2.56. The zero-order chi connectivity index (χ0) is 26.7. The molecule has 6 nitrogen and oxygen atoms in total. The molecule has 3 N–H and O–H groups in total. The molecular weight excluding hydrogens is 496 g/mol. The van der Waals surface area contributed by atoms with Gasteiger partial charge in [-0.1, -0.05) is 18.2 Å². The minimum Gasteiger partial charge on any atom is -0.456 e. The first-order valence-electron chi connectivity index (χ1n) is 14.8. The van der Waals surface area contributed by atoms with Crippen LogP contribution < -0.4 is 15.4 Å². The molecular formula is C34H34N4O2. The van der Waals surface area contributed by atoms with Crippen LogP contribution in [0, 0.1) is 0 Å². The second kappa shape index (κ2) is 9.19. The van der Waals surface area contributed by atoms with Crippen LogP contribution in [0.2, 0.25) is 0 Å². The van der Waals surface area contributed by atoms with Crippen LogP contribution in [0.1, 0.15) is 69.6 Å². The molecule has 0 fully saturated rings. The number of H-pyrrole nitrogens is 1. The molecule has 8 rings (SSSR count). The van der Waals surface area contributed by atoms with Gasteiger partial charge in [0.2, 0.25) is 0 Å². The van der Waals surface area contributed by atoms with Gasteiger partial charge in [-0.05, 0) is 92.0 Å². The third kappa shape index (κ3) is 3.44. The topological polar surface area (TPSA) is 69.4 Å². The molecule has 0 saturated carbocycles. The van der Waals surface area contributed by atoms with Crippen molar-refractivity contribution in [1.82, 2.24) is 9.88 Å². The van der Waals surface area contributed by atoms with Crippen molar-refractivity contribution in [3.8, 4) is 11.5 Å². The van der Waals surface area contributed by atoms with Gasteiger partial charge in [-0.2, -0.15) is 0 Å². The van der Waals surface area contributed by atoms with Gasteiger partial charge in [0.1, 0.15) is 17.0 Å². The number of nitrogens with zero attached hydrogens (tertiary/aromatic N) is 1. The number of benzene rings is 3. The monoisotopic (exact) mass is 530 g/mol. The minimum absolute atomic E-state index is 0.112. The average molecular weight is 531 g/mol. The molecule has 202 valence electrons. The number of ether oxygens (including phenoxy) is 1. The molecule has 6 heteroatoms. The third-order valence-corrected chi connectivity index (χ3v) is 9.22. The van der Waals surface area contributed by atoms with Gasteiger partial charge < -0.3 is 25.3 Å². The minimum atomic E-state index is -0.720. The molecule has 4 aliphatic heterocycles. The Bertz CT molecular complexity index is 1560. The fourth-order valence-electron chi connectivity index (χ4n) is 7.38. The summed E-state index contributed by atoms with van der Waals surface area (Å²) in [6.07, 6.45) is 9.15. The van der Waals surface area contributed by atoms with Gasteiger partial charge in [0.15, 0.2) is 0 Å². The highest BCUT2D eigenvalue weighted by atomic mass is 16.5. The molecule has 4 aliphatic rings. The van der Waals surface area contributed by atoms with Crippen molar-refractivity contribution < 1.29 is 9.53 Å². The van der Waals surface area contributed by atoms with Crippen molar-refractivity contribution >= 4 is 17.3 Å². The van der Waals surface area contributed by atoms with Gasteiger partial charge in [0.05, 0.1) is 0 Å². The highest BCUT2D eigenvalue weighted by Crippen LogP contribution is 2.59. The quantitative estimate of drug-likeness (QED) is 0.254. The molecule has 0 bridgehead atoms. The van der Waals surface area contributed by atoms with Crippen LogP contribution in [0.15, 0.2) is 66.9 Å². The maximum Gasteiger partial charge on any atom is 0.255 e. The molecule has 1 spiro atoms. The number of anilines is 2. The van der Waals surface area contributed by atoms with Gasteiger partial charge in [-0.15, -0.1) is 0 Å². The molecule has 0 saturated heterocycles. The summed E-state index contributed by atoms with van der Waals surface area (Å²) in [5, 5.41) is 7.17. The van der Waals surface area contributed by atoms with Crippen molar-refractivity contribution in [3.63, 3.8) is 0 Å². The molecule has 5 heterocycles. The van der Waals surface area contributed by atoms with Gasteiger partial charge >= 0.3 is 0 Å². The third-order valence-electron chi connectivity index (χ3n) is 9.22. The number of unbranched alkanes of at least 4 members (excludes halogenated alkanes) is 1. The van der Waals surface area contributed by atoms with E-state index >= 15 is 0 Å². The van der Waals surface area contributed by atoms with Gasteiger partial charge in [-0.25, -0.2) is 0 Å². The van der Waals surface area contributed by atoms with Crippen molar-refractivity contribution in [2.75, 3.05) is 30.3 Å². The van der Waals surface area contributed by atoms with E-state index in [0.29, 0.717) is 6.54 Å². The van der Waals surface area contributed by atoms with Crippen LogP contribution >= 0.6 is 0 Å². The molecule has 40 heavy (non-hydrogen) atoms. The van der Waals surface area contributed by atoms with Crippen molar-refractivity contribution in [2.24, 2.45) is 0 Å². The van der Waals surface area contributed by atoms with Gasteiger partial charge in [-0.3, -0.25) is 4.79 Å². The van der Waals surface area contributed by atoms with E-state index < -0.39 is 5.54 Å². The van der Waals surface area contributed by atoms with Gasteiger partial charge in [0.25, 0.3) is 5.91 Å². The number of nitrogens with one attached hydrogen (secondary N) is 3. The number of fused-ring (bicyclic) bond motifs is 8. The number of carbonyl (C=O) groups is 1. The number of aromatic nitrogens is 1. The number of carbonyl (C=O) groups excluding carboxylic acids is 1. The summed E-state index contributed by atoms with van der Waals surface area (Å²) >= 11 is 0. The maximum atomic E-state index is 14.3. The molecule has 4 aromatic rings. The Kier molecular flexibility index (Phi) is 5.44. The maximum absolute atomic E-state index is 14.3. The zero-order valence-electron chi connectivity index (χ0n) is 22.7. The van der Waals surface area contributed by atoms with E-state index in [1.54, 1.807) is 0 Å². The number of hydrogen-bond donors (Lipinski definition) is 3. The SMILES string of the molecule is O=C1c2ccccc2C2(c3cc4c(cc3Oc3cc5c(cc32)CCCN5)NCCC4)N1CCCCc1ccc[nH]1. The van der Waals surface area contributed by atoms with Crippen LogP contribution in [0.3, 0.4) is 0 Å². The second-order valence-electron chi connectivity index (χ2n) is 11.5. The first kappa shape index (κ1) is 23.7. The van der Waals surface area contributed by atoms with Crippen LogP contribution in [-0.2, 0) is 24.8 Å². The van der Waals surface area contributed by atoms with Crippen molar-refractivity contribution in [2.45, 2.75) is 50.5 Å². The lowest BCUT2D eigenvalue weighted by Crippen LogP contribution is -2.48. The fraction of sp³-hybridized carbons (Fsp3) is 0.324. The molecule has 0 radical (unpaired) electrons. The summed E-state index contributed by atoms with van der Waals surface area (Å²) in [5.41, 5.74) is 9.49. The largest absolute Gasteiger partial charge is 0.456 e. The summed E-state index contributed by atoms with van der Waals surface area (Å²) in [4.78, 5) is 19.8. The zero-order valence-corrected chi connectivity index (χ0v) is 22.7. The Morgan fingerprint density at radius 2 is 1.50 bits per heavy atom. The van der Waals surface area contributed by atoms with E-state index in [4.69, 9.17) is 4.74 Å². The Hall–Kier alpha value is -4.19. The molecule has 1 aromatic heterocycles. The lowest BCUT2D eigenvalue weighted by atomic mass is 9.73. The van der Waals surface area contributed by atoms with E-state index in [9.17, 15) is 4.79 Å². The van der Waals surface area contributed by atoms with Crippen LogP contribution in [0.5, 0.6) is 11.5 Å². The highest BCUT2D eigenvalue weighted by molar-refractivity contribution is 6.02. The molecule has 3 aromatic carbocycles.